The van der Waals surface area contributed by atoms with E-state index in [4.69, 9.17) is 0 Å². The average Bonchev–Trinajstić information content (AvgIpc) is 3.23. The number of carbonyl (C=O) groups excluding carboxylic acids is 1. The summed E-state index contributed by atoms with van der Waals surface area (Å²) in [4.78, 5) is 19.6. The minimum atomic E-state index is -0.00785. The normalized spacial score (nSPS) is 16.9. The van der Waals surface area contributed by atoms with Crippen LogP contribution in [0.4, 0.5) is 10.5 Å². The summed E-state index contributed by atoms with van der Waals surface area (Å²) >= 11 is 0. The summed E-state index contributed by atoms with van der Waals surface area (Å²) in [7, 11) is 0. The number of anilines is 1. The third kappa shape index (κ3) is 3.42. The first kappa shape index (κ1) is 17.6. The van der Waals surface area contributed by atoms with Crippen molar-refractivity contribution in [3.05, 3.63) is 59.4 Å². The monoisotopic (exact) mass is 362 g/mol. The Labute approximate surface area is 160 Å². The van der Waals surface area contributed by atoms with Crippen LogP contribution in [0, 0.1) is 20.8 Å². The molecule has 4 rings (SSSR count). The van der Waals surface area contributed by atoms with Crippen molar-refractivity contribution in [2.24, 2.45) is 0 Å². The number of hydrogen-bond donors (Lipinski definition) is 1. The number of hydrogen-bond acceptors (Lipinski definition) is 2. The van der Waals surface area contributed by atoms with Gasteiger partial charge in [0.25, 0.3) is 0 Å². The van der Waals surface area contributed by atoms with Crippen LogP contribution in [0.2, 0.25) is 0 Å². The minimum absolute atomic E-state index is 0.00785. The maximum atomic E-state index is 12.9. The molecule has 1 N–H and O–H groups in total. The number of aromatic nitrogens is 2. The molecule has 140 valence electrons. The number of likely N-dealkylation sites (tertiary alicyclic amines) is 1. The average molecular weight is 362 g/mol. The van der Waals surface area contributed by atoms with Gasteiger partial charge < -0.3 is 14.8 Å². The Morgan fingerprint density at radius 1 is 1.19 bits per heavy atom. The molecule has 1 aliphatic heterocycles. The van der Waals surface area contributed by atoms with Crippen molar-refractivity contribution in [3.63, 3.8) is 0 Å². The van der Waals surface area contributed by atoms with Gasteiger partial charge in [0, 0.05) is 18.8 Å². The van der Waals surface area contributed by atoms with Gasteiger partial charge in [-0.15, -0.1) is 0 Å². The zero-order valence-electron chi connectivity index (χ0n) is 16.2. The lowest BCUT2D eigenvalue weighted by Crippen LogP contribution is -2.41. The van der Waals surface area contributed by atoms with Crippen molar-refractivity contribution < 1.29 is 4.79 Å². The lowest BCUT2D eigenvalue weighted by Gasteiger charge is -2.26. The van der Waals surface area contributed by atoms with Crippen LogP contribution >= 0.6 is 0 Å². The Morgan fingerprint density at radius 2 is 2.00 bits per heavy atom. The van der Waals surface area contributed by atoms with Gasteiger partial charge in [-0.25, -0.2) is 9.78 Å². The van der Waals surface area contributed by atoms with E-state index in [9.17, 15) is 4.79 Å². The van der Waals surface area contributed by atoms with E-state index in [0.717, 1.165) is 54.0 Å². The fourth-order valence-corrected chi connectivity index (χ4v) is 4.07. The van der Waals surface area contributed by atoms with Gasteiger partial charge in [-0.05, 0) is 57.4 Å². The highest BCUT2D eigenvalue weighted by Gasteiger charge is 2.30. The topological polar surface area (TPSA) is 50.2 Å². The molecule has 1 aliphatic rings. The van der Waals surface area contributed by atoms with E-state index in [1.54, 1.807) is 0 Å². The van der Waals surface area contributed by atoms with Gasteiger partial charge in [-0.2, -0.15) is 0 Å². The quantitative estimate of drug-likeness (QED) is 0.737. The smallest absolute Gasteiger partial charge is 0.322 e. The van der Waals surface area contributed by atoms with Crippen molar-refractivity contribution >= 4 is 22.8 Å². The summed E-state index contributed by atoms with van der Waals surface area (Å²) in [6.07, 6.45) is 2.06. The number of benzene rings is 2. The van der Waals surface area contributed by atoms with Crippen molar-refractivity contribution in [1.82, 2.24) is 14.5 Å². The lowest BCUT2D eigenvalue weighted by atomic mass is 10.1. The Kier molecular flexibility index (Phi) is 4.60. The molecule has 0 spiro atoms. The van der Waals surface area contributed by atoms with E-state index in [2.05, 4.69) is 33.9 Å². The molecule has 2 aromatic carbocycles. The maximum Gasteiger partial charge on any atom is 0.322 e. The molecular weight excluding hydrogens is 336 g/mol. The number of nitrogens with zero attached hydrogens (tertiary/aromatic N) is 3. The Hall–Kier alpha value is -2.82. The van der Waals surface area contributed by atoms with Gasteiger partial charge in [0.1, 0.15) is 5.82 Å². The third-order valence-corrected chi connectivity index (χ3v) is 5.50. The van der Waals surface area contributed by atoms with Crippen LogP contribution in [0.1, 0.15) is 29.8 Å². The molecule has 0 bridgehead atoms. The fraction of sp³-hybridized carbons (Fsp3) is 0.364. The molecule has 0 aliphatic carbocycles. The minimum Gasteiger partial charge on any atom is -0.326 e. The van der Waals surface area contributed by atoms with E-state index in [1.165, 1.54) is 5.56 Å². The molecule has 3 aromatic rings. The molecule has 5 heteroatoms. The van der Waals surface area contributed by atoms with Crippen molar-refractivity contribution in [1.29, 1.82) is 0 Å². The van der Waals surface area contributed by atoms with Gasteiger partial charge in [0.2, 0.25) is 0 Å². The zero-order valence-corrected chi connectivity index (χ0v) is 16.2. The van der Waals surface area contributed by atoms with E-state index in [0.29, 0.717) is 0 Å². The molecule has 1 atom stereocenters. The predicted octanol–water partition coefficient (Wildman–Crippen LogP) is 4.66. The van der Waals surface area contributed by atoms with Crippen LogP contribution in [0.25, 0.3) is 11.0 Å². The van der Waals surface area contributed by atoms with Crippen LogP contribution in [-0.2, 0) is 6.54 Å². The van der Waals surface area contributed by atoms with Crippen molar-refractivity contribution in [2.75, 3.05) is 11.9 Å². The molecular formula is C22H26N4O. The number of imidazole rings is 1. The number of fused-ring (bicyclic) bond motifs is 1. The van der Waals surface area contributed by atoms with Gasteiger partial charge >= 0.3 is 6.03 Å². The first-order valence-corrected chi connectivity index (χ1v) is 9.59. The van der Waals surface area contributed by atoms with Crippen molar-refractivity contribution in [3.8, 4) is 0 Å². The zero-order chi connectivity index (χ0) is 19.0. The van der Waals surface area contributed by atoms with Crippen LogP contribution in [0.5, 0.6) is 0 Å². The third-order valence-electron chi connectivity index (χ3n) is 5.50. The van der Waals surface area contributed by atoms with Crippen LogP contribution in [0.3, 0.4) is 0 Å². The Morgan fingerprint density at radius 3 is 2.81 bits per heavy atom. The molecule has 5 nitrogen and oxygen atoms in total. The molecule has 1 saturated heterocycles. The highest BCUT2D eigenvalue weighted by molar-refractivity contribution is 5.90. The van der Waals surface area contributed by atoms with Gasteiger partial charge in [0.05, 0.1) is 17.1 Å². The van der Waals surface area contributed by atoms with Gasteiger partial charge in [0.15, 0.2) is 0 Å². The number of rotatable bonds is 3. The van der Waals surface area contributed by atoms with Crippen molar-refractivity contribution in [2.45, 2.75) is 46.2 Å². The molecule has 1 unspecified atom stereocenters. The number of para-hydroxylation sites is 2. The second kappa shape index (κ2) is 7.06. The SMILES string of the molecule is Cc1ccc(NC(=O)N2CCCC2Cn2c(C)nc3ccccc32)c(C)c1. The van der Waals surface area contributed by atoms with Gasteiger partial charge in [-0.3, -0.25) is 0 Å². The van der Waals surface area contributed by atoms with E-state index < -0.39 is 0 Å². The number of nitrogens with one attached hydrogen (secondary N) is 1. The first-order valence-electron chi connectivity index (χ1n) is 9.59. The molecule has 1 fully saturated rings. The summed E-state index contributed by atoms with van der Waals surface area (Å²) in [6.45, 7) is 7.71. The highest BCUT2D eigenvalue weighted by Crippen LogP contribution is 2.24. The summed E-state index contributed by atoms with van der Waals surface area (Å²) in [5, 5.41) is 3.10. The highest BCUT2D eigenvalue weighted by atomic mass is 16.2. The summed E-state index contributed by atoms with van der Waals surface area (Å²) in [6, 6.07) is 14.5. The van der Waals surface area contributed by atoms with Crippen LogP contribution in [-0.4, -0.2) is 33.1 Å². The number of urea groups is 1. The Bertz CT molecular complexity index is 991. The van der Waals surface area contributed by atoms with E-state index in [1.807, 2.05) is 49.1 Å². The fourth-order valence-electron chi connectivity index (χ4n) is 4.07. The predicted molar refractivity (Wildman–Crippen MR) is 109 cm³/mol. The molecule has 27 heavy (non-hydrogen) atoms. The largest absolute Gasteiger partial charge is 0.326 e. The second-order valence-electron chi connectivity index (χ2n) is 7.50. The first-order chi connectivity index (χ1) is 13.0. The van der Waals surface area contributed by atoms with Gasteiger partial charge in [-0.1, -0.05) is 29.8 Å². The van der Waals surface area contributed by atoms with E-state index >= 15 is 0 Å². The number of amides is 2. The lowest BCUT2D eigenvalue weighted by molar-refractivity contribution is 0.201. The molecule has 2 heterocycles. The molecule has 0 radical (unpaired) electrons. The summed E-state index contributed by atoms with van der Waals surface area (Å²) in [5.41, 5.74) is 5.33. The Balaban J connectivity index is 1.53. The summed E-state index contributed by atoms with van der Waals surface area (Å²) < 4.78 is 2.24. The van der Waals surface area contributed by atoms with E-state index in [-0.39, 0.29) is 12.1 Å². The molecule has 1 aromatic heterocycles. The molecule has 2 amide bonds. The summed E-state index contributed by atoms with van der Waals surface area (Å²) in [5.74, 6) is 0.998. The van der Waals surface area contributed by atoms with Crippen LogP contribution in [0.15, 0.2) is 42.5 Å². The second-order valence-corrected chi connectivity index (χ2v) is 7.50. The standard InChI is InChI=1S/C22H26N4O/c1-15-10-11-19(16(2)13-15)24-22(27)25-12-6-7-18(25)14-26-17(3)23-20-8-4-5-9-21(20)26/h4-5,8-11,13,18H,6-7,12,14H2,1-3H3,(H,24,27). The number of aryl methyl sites for hydroxylation is 3. The molecule has 0 saturated carbocycles. The number of carbonyl (C=O) groups is 1. The maximum absolute atomic E-state index is 12.9. The van der Waals surface area contributed by atoms with Crippen LogP contribution < -0.4 is 5.32 Å².